The molecule has 0 saturated heterocycles. The Kier molecular flexibility index (Phi) is 2.53. The second-order valence-electron chi connectivity index (χ2n) is 3.72. The lowest BCUT2D eigenvalue weighted by atomic mass is 9.67. The van der Waals surface area contributed by atoms with E-state index < -0.39 is 0 Å². The second kappa shape index (κ2) is 3.82. The minimum absolute atomic E-state index is 1.21. The van der Waals surface area contributed by atoms with Gasteiger partial charge in [-0.1, -0.05) is 49.1 Å². The highest BCUT2D eigenvalue weighted by molar-refractivity contribution is 6.53. The zero-order valence-electron chi connectivity index (χ0n) is 8.22. The zero-order chi connectivity index (χ0) is 9.10. The predicted octanol–water partition coefficient (Wildman–Crippen LogP) is 2.15. The molecule has 0 unspecified atom stereocenters. The smallest absolute Gasteiger partial charge is 0.0839 e. The Morgan fingerprint density at radius 1 is 1.38 bits per heavy atom. The van der Waals surface area contributed by atoms with Crippen molar-refractivity contribution < 1.29 is 0 Å². The van der Waals surface area contributed by atoms with Crippen LogP contribution in [0.25, 0.3) is 6.08 Å². The lowest BCUT2D eigenvalue weighted by Crippen LogP contribution is -2.14. The molecule has 0 amide bonds. The summed E-state index contributed by atoms with van der Waals surface area (Å²) in [6.45, 7) is 2.23. The molecule has 0 bridgehead atoms. The Labute approximate surface area is 80.9 Å². The predicted molar refractivity (Wildman–Crippen MR) is 61.1 cm³/mol. The van der Waals surface area contributed by atoms with E-state index in [0.717, 1.165) is 0 Å². The standard InChI is InChI=1S/C12H15B/c1-2-13-12-8-7-10-5-3-4-6-11(10)9-12/h4,6-9,13H,2-3,5H2,1H3. The van der Waals surface area contributed by atoms with Crippen molar-refractivity contribution in [1.29, 1.82) is 0 Å². The normalized spacial score (nSPS) is 13.9. The van der Waals surface area contributed by atoms with E-state index in [-0.39, 0.29) is 0 Å². The third-order valence-electron chi connectivity index (χ3n) is 2.63. The number of allylic oxidation sites excluding steroid dienone is 1. The second-order valence-corrected chi connectivity index (χ2v) is 3.72. The molecule has 13 heavy (non-hydrogen) atoms. The molecule has 1 aromatic carbocycles. The first-order valence-corrected chi connectivity index (χ1v) is 5.18. The van der Waals surface area contributed by atoms with Crippen LogP contribution >= 0.6 is 0 Å². The van der Waals surface area contributed by atoms with E-state index in [0.29, 0.717) is 0 Å². The quantitative estimate of drug-likeness (QED) is 0.596. The molecule has 2 rings (SSSR count). The van der Waals surface area contributed by atoms with Gasteiger partial charge >= 0.3 is 0 Å². The highest BCUT2D eigenvalue weighted by atomic mass is 14.1. The molecule has 1 aromatic rings. The Hall–Kier alpha value is -0.975. The van der Waals surface area contributed by atoms with E-state index in [1.165, 1.54) is 43.0 Å². The van der Waals surface area contributed by atoms with Crippen molar-refractivity contribution in [1.82, 2.24) is 0 Å². The van der Waals surface area contributed by atoms with Gasteiger partial charge in [0, 0.05) is 0 Å². The van der Waals surface area contributed by atoms with E-state index in [4.69, 9.17) is 0 Å². The molecule has 0 fully saturated rings. The Balaban J connectivity index is 2.31. The summed E-state index contributed by atoms with van der Waals surface area (Å²) in [4.78, 5) is 0. The minimum atomic E-state index is 1.21. The van der Waals surface area contributed by atoms with Gasteiger partial charge in [0.15, 0.2) is 7.28 Å². The number of hydrogen-bond acceptors (Lipinski definition) is 0. The lowest BCUT2D eigenvalue weighted by molar-refractivity contribution is 0.987. The van der Waals surface area contributed by atoms with E-state index in [1.54, 1.807) is 0 Å². The number of rotatable bonds is 2. The SMILES string of the molecule is CCBc1ccc2c(c1)C=CCC2. The van der Waals surface area contributed by atoms with E-state index in [1.807, 2.05) is 0 Å². The van der Waals surface area contributed by atoms with Gasteiger partial charge in [0.1, 0.15) is 0 Å². The summed E-state index contributed by atoms with van der Waals surface area (Å²) in [5.41, 5.74) is 4.44. The van der Waals surface area contributed by atoms with Crippen LogP contribution in [0.3, 0.4) is 0 Å². The molecule has 0 spiro atoms. The summed E-state index contributed by atoms with van der Waals surface area (Å²) < 4.78 is 0. The average molecular weight is 170 g/mol. The molecular weight excluding hydrogens is 155 g/mol. The van der Waals surface area contributed by atoms with Crippen molar-refractivity contribution in [2.24, 2.45) is 0 Å². The van der Waals surface area contributed by atoms with Crippen LogP contribution in [0.5, 0.6) is 0 Å². The van der Waals surface area contributed by atoms with E-state index in [9.17, 15) is 0 Å². The van der Waals surface area contributed by atoms with Crippen LogP contribution in [0.4, 0.5) is 0 Å². The maximum atomic E-state index is 2.34. The maximum absolute atomic E-state index is 2.34. The van der Waals surface area contributed by atoms with Crippen LogP contribution in [0.1, 0.15) is 24.5 Å². The molecule has 1 aliphatic carbocycles. The molecular formula is C12H15B. The molecule has 1 aliphatic rings. The lowest BCUT2D eigenvalue weighted by Gasteiger charge is -2.11. The first-order chi connectivity index (χ1) is 6.40. The Morgan fingerprint density at radius 3 is 3.15 bits per heavy atom. The van der Waals surface area contributed by atoms with Crippen LogP contribution in [0.15, 0.2) is 24.3 Å². The van der Waals surface area contributed by atoms with Crippen molar-refractivity contribution in [3.05, 3.63) is 35.4 Å². The van der Waals surface area contributed by atoms with Crippen LogP contribution in [0.2, 0.25) is 6.32 Å². The number of aryl methyl sites for hydroxylation is 1. The van der Waals surface area contributed by atoms with Gasteiger partial charge in [-0.25, -0.2) is 0 Å². The minimum Gasteiger partial charge on any atom is -0.0839 e. The molecule has 66 valence electrons. The molecule has 0 N–H and O–H groups in total. The average Bonchev–Trinajstić information content (AvgIpc) is 2.18. The topological polar surface area (TPSA) is 0 Å². The molecule has 0 heterocycles. The third-order valence-corrected chi connectivity index (χ3v) is 2.63. The number of fused-ring (bicyclic) bond motifs is 1. The van der Waals surface area contributed by atoms with Crippen molar-refractivity contribution in [3.63, 3.8) is 0 Å². The Morgan fingerprint density at radius 2 is 2.31 bits per heavy atom. The summed E-state index contributed by atoms with van der Waals surface area (Å²) in [6.07, 6.45) is 8.21. The van der Waals surface area contributed by atoms with Gasteiger partial charge in [-0.3, -0.25) is 0 Å². The van der Waals surface area contributed by atoms with Crippen molar-refractivity contribution >= 4 is 18.8 Å². The molecule has 0 atom stereocenters. The first kappa shape index (κ1) is 8.62. The summed E-state index contributed by atoms with van der Waals surface area (Å²) in [5, 5.41) is 0. The van der Waals surface area contributed by atoms with Crippen LogP contribution in [-0.4, -0.2) is 7.28 Å². The van der Waals surface area contributed by atoms with Gasteiger partial charge in [-0.05, 0) is 24.0 Å². The fourth-order valence-electron chi connectivity index (χ4n) is 1.92. The third kappa shape index (κ3) is 1.85. The van der Waals surface area contributed by atoms with Gasteiger partial charge in [0.05, 0.1) is 0 Å². The van der Waals surface area contributed by atoms with Gasteiger partial charge in [0.2, 0.25) is 0 Å². The van der Waals surface area contributed by atoms with Crippen LogP contribution < -0.4 is 5.46 Å². The van der Waals surface area contributed by atoms with Gasteiger partial charge in [-0.15, -0.1) is 0 Å². The molecule has 0 aromatic heterocycles. The summed E-state index contributed by atoms with van der Waals surface area (Å²) in [5.74, 6) is 0. The number of hydrogen-bond donors (Lipinski definition) is 0. The molecule has 1 heteroatoms. The highest BCUT2D eigenvalue weighted by Gasteiger charge is 2.04. The van der Waals surface area contributed by atoms with Crippen LogP contribution in [-0.2, 0) is 6.42 Å². The van der Waals surface area contributed by atoms with Gasteiger partial charge in [-0.2, -0.15) is 0 Å². The molecule has 0 saturated carbocycles. The Bertz CT molecular complexity index is 326. The van der Waals surface area contributed by atoms with Gasteiger partial charge in [0.25, 0.3) is 0 Å². The van der Waals surface area contributed by atoms with E-state index in [2.05, 4.69) is 37.3 Å². The van der Waals surface area contributed by atoms with Crippen molar-refractivity contribution in [2.45, 2.75) is 26.1 Å². The monoisotopic (exact) mass is 170 g/mol. The van der Waals surface area contributed by atoms with Crippen LogP contribution in [0, 0.1) is 0 Å². The molecule has 0 nitrogen and oxygen atoms in total. The van der Waals surface area contributed by atoms with E-state index >= 15 is 0 Å². The summed E-state index contributed by atoms with van der Waals surface area (Å²) in [6, 6.07) is 6.92. The fraction of sp³-hybridized carbons (Fsp3) is 0.333. The summed E-state index contributed by atoms with van der Waals surface area (Å²) >= 11 is 0. The first-order valence-electron chi connectivity index (χ1n) is 5.18. The van der Waals surface area contributed by atoms with Crippen molar-refractivity contribution in [2.75, 3.05) is 0 Å². The fourth-order valence-corrected chi connectivity index (χ4v) is 1.92. The number of benzene rings is 1. The molecule has 0 aliphatic heterocycles. The highest BCUT2D eigenvalue weighted by Crippen LogP contribution is 2.17. The maximum Gasteiger partial charge on any atom is 0.157 e. The zero-order valence-corrected chi connectivity index (χ0v) is 8.22. The largest absolute Gasteiger partial charge is 0.157 e. The van der Waals surface area contributed by atoms with Gasteiger partial charge < -0.3 is 0 Å². The van der Waals surface area contributed by atoms with Crippen molar-refractivity contribution in [3.8, 4) is 0 Å². The molecule has 0 radical (unpaired) electrons. The summed E-state index contributed by atoms with van der Waals surface area (Å²) in [7, 11) is 1.21.